The van der Waals surface area contributed by atoms with Crippen molar-refractivity contribution >= 4 is 32.8 Å². The minimum absolute atomic E-state index is 0.0841. The van der Waals surface area contributed by atoms with Crippen LogP contribution in [0.4, 0.5) is 0 Å². The van der Waals surface area contributed by atoms with Gasteiger partial charge < -0.3 is 4.57 Å². The second-order valence-electron chi connectivity index (χ2n) is 5.25. The van der Waals surface area contributed by atoms with E-state index in [1.54, 1.807) is 24.0 Å². The molecule has 0 atom stereocenters. The number of hydrogen-bond donors (Lipinski definition) is 1. The number of hydrogen-bond acceptors (Lipinski definition) is 5. The molecule has 0 fully saturated rings. The van der Waals surface area contributed by atoms with Crippen molar-refractivity contribution in [3.8, 4) is 0 Å². The topological polar surface area (TPSA) is 90.9 Å². The molecule has 0 aliphatic carbocycles. The molecule has 3 rings (SSSR count). The van der Waals surface area contributed by atoms with Crippen molar-refractivity contribution in [1.29, 1.82) is 0 Å². The summed E-state index contributed by atoms with van der Waals surface area (Å²) in [4.78, 5) is 8.97. The van der Waals surface area contributed by atoms with Crippen LogP contribution in [-0.4, -0.2) is 28.7 Å². The smallest absolute Gasteiger partial charge is 0.238 e. The van der Waals surface area contributed by atoms with Crippen LogP contribution >= 0.6 is 11.8 Å². The fraction of sp³-hybridized carbons (Fsp3) is 0.250. The summed E-state index contributed by atoms with van der Waals surface area (Å²) < 4.78 is 25.1. The summed E-state index contributed by atoms with van der Waals surface area (Å²) in [5, 5.41) is 6.07. The minimum Gasteiger partial charge on any atom is -0.319 e. The standard InChI is InChI=1S/C16H18N4O2S2/c1-2-20-15-7-6-13(24(17,21)22)11-14(15)19-16(20)23-10-8-12-5-3-4-9-18-12/h3-7,9,11H,2,8,10H2,1H3,(H2,17,21,22). The van der Waals surface area contributed by atoms with Crippen molar-refractivity contribution in [1.82, 2.24) is 14.5 Å². The molecule has 2 aromatic heterocycles. The van der Waals surface area contributed by atoms with E-state index in [2.05, 4.69) is 14.5 Å². The Morgan fingerprint density at radius 1 is 1.25 bits per heavy atom. The van der Waals surface area contributed by atoms with E-state index in [0.717, 1.165) is 35.1 Å². The number of nitrogens with two attached hydrogens (primary N) is 1. The maximum Gasteiger partial charge on any atom is 0.238 e. The second-order valence-corrected chi connectivity index (χ2v) is 7.88. The Labute approximate surface area is 145 Å². The lowest BCUT2D eigenvalue weighted by molar-refractivity contribution is 0.598. The monoisotopic (exact) mass is 362 g/mol. The summed E-state index contributed by atoms with van der Waals surface area (Å²) in [6, 6.07) is 10.7. The van der Waals surface area contributed by atoms with Crippen LogP contribution in [0.3, 0.4) is 0 Å². The quantitative estimate of drug-likeness (QED) is 0.680. The SMILES string of the molecule is CCn1c(SCCc2ccccn2)nc2cc(S(N)(=O)=O)ccc21. The van der Waals surface area contributed by atoms with Crippen molar-refractivity contribution in [2.45, 2.75) is 29.9 Å². The van der Waals surface area contributed by atoms with E-state index in [9.17, 15) is 8.42 Å². The highest BCUT2D eigenvalue weighted by Gasteiger charge is 2.14. The van der Waals surface area contributed by atoms with E-state index in [1.165, 1.54) is 12.1 Å². The van der Waals surface area contributed by atoms with Crippen molar-refractivity contribution in [3.05, 3.63) is 48.3 Å². The van der Waals surface area contributed by atoms with Crippen LogP contribution in [0.25, 0.3) is 11.0 Å². The lowest BCUT2D eigenvalue weighted by atomic mass is 10.3. The van der Waals surface area contributed by atoms with Gasteiger partial charge >= 0.3 is 0 Å². The molecule has 2 heterocycles. The molecule has 0 unspecified atom stereocenters. The average molecular weight is 362 g/mol. The first-order chi connectivity index (χ1) is 11.5. The van der Waals surface area contributed by atoms with Crippen LogP contribution < -0.4 is 5.14 Å². The number of sulfonamides is 1. The van der Waals surface area contributed by atoms with Gasteiger partial charge in [0, 0.05) is 24.2 Å². The minimum atomic E-state index is -3.72. The van der Waals surface area contributed by atoms with Crippen LogP contribution in [0, 0.1) is 0 Å². The molecule has 0 radical (unpaired) electrons. The zero-order chi connectivity index (χ0) is 17.2. The van der Waals surface area contributed by atoms with Crippen LogP contribution in [0.15, 0.2) is 52.6 Å². The average Bonchev–Trinajstić information content (AvgIpc) is 2.91. The molecule has 0 saturated heterocycles. The molecule has 0 amide bonds. The number of aryl methyl sites for hydroxylation is 2. The molecule has 2 N–H and O–H groups in total. The maximum absolute atomic E-state index is 11.5. The fourth-order valence-corrected chi connectivity index (χ4v) is 4.05. The molecule has 0 aliphatic heterocycles. The van der Waals surface area contributed by atoms with Crippen molar-refractivity contribution < 1.29 is 8.42 Å². The van der Waals surface area contributed by atoms with Crippen LogP contribution in [0.2, 0.25) is 0 Å². The van der Waals surface area contributed by atoms with Gasteiger partial charge in [-0.25, -0.2) is 18.5 Å². The van der Waals surface area contributed by atoms with E-state index in [1.807, 2.05) is 25.1 Å². The number of rotatable bonds is 6. The Morgan fingerprint density at radius 3 is 2.75 bits per heavy atom. The highest BCUT2D eigenvalue weighted by Crippen LogP contribution is 2.26. The summed E-state index contributed by atoms with van der Waals surface area (Å²) >= 11 is 1.64. The Bertz CT molecular complexity index is 953. The number of nitrogens with zero attached hydrogens (tertiary/aromatic N) is 3. The fourth-order valence-electron chi connectivity index (χ4n) is 2.47. The number of fused-ring (bicyclic) bond motifs is 1. The van der Waals surface area contributed by atoms with Gasteiger partial charge in [0.15, 0.2) is 5.16 Å². The largest absolute Gasteiger partial charge is 0.319 e. The predicted molar refractivity (Wildman–Crippen MR) is 95.4 cm³/mol. The van der Waals surface area contributed by atoms with Gasteiger partial charge in [0.05, 0.1) is 15.9 Å². The Balaban J connectivity index is 1.84. The molecule has 6 nitrogen and oxygen atoms in total. The van der Waals surface area contributed by atoms with Gasteiger partial charge in [-0.2, -0.15) is 0 Å². The molecular weight excluding hydrogens is 344 g/mol. The van der Waals surface area contributed by atoms with Crippen molar-refractivity contribution in [2.24, 2.45) is 5.14 Å². The Morgan fingerprint density at radius 2 is 2.08 bits per heavy atom. The highest BCUT2D eigenvalue weighted by atomic mass is 32.2. The van der Waals surface area contributed by atoms with Crippen LogP contribution in [0.1, 0.15) is 12.6 Å². The summed E-state index contributed by atoms with van der Waals surface area (Å²) in [5.74, 6) is 0.850. The van der Waals surface area contributed by atoms with Crippen LogP contribution in [-0.2, 0) is 23.0 Å². The third-order valence-corrected chi connectivity index (χ3v) is 5.53. The predicted octanol–water partition coefficient (Wildman–Crippen LogP) is 2.43. The van der Waals surface area contributed by atoms with Gasteiger partial charge in [0.2, 0.25) is 10.0 Å². The molecule has 126 valence electrons. The summed E-state index contributed by atoms with van der Waals surface area (Å²) in [6.07, 6.45) is 2.64. The maximum atomic E-state index is 11.5. The third-order valence-electron chi connectivity index (χ3n) is 3.64. The van der Waals surface area contributed by atoms with Crippen molar-refractivity contribution in [2.75, 3.05) is 5.75 Å². The van der Waals surface area contributed by atoms with E-state index in [-0.39, 0.29) is 4.90 Å². The summed E-state index contributed by atoms with van der Waals surface area (Å²) in [5.41, 5.74) is 2.59. The first kappa shape index (κ1) is 16.9. The molecule has 0 spiro atoms. The molecule has 24 heavy (non-hydrogen) atoms. The van der Waals surface area contributed by atoms with E-state index < -0.39 is 10.0 Å². The van der Waals surface area contributed by atoms with Gasteiger partial charge in [0.25, 0.3) is 0 Å². The lowest BCUT2D eigenvalue weighted by Crippen LogP contribution is -2.11. The molecule has 0 aliphatic rings. The molecule has 0 bridgehead atoms. The first-order valence-corrected chi connectivity index (χ1v) is 10.1. The zero-order valence-corrected chi connectivity index (χ0v) is 14.8. The Hall–Kier alpha value is -1.90. The third kappa shape index (κ3) is 3.61. The molecular formula is C16H18N4O2S2. The summed E-state index contributed by atoms with van der Waals surface area (Å²) in [7, 11) is -3.72. The van der Waals surface area contributed by atoms with Gasteiger partial charge in [-0.3, -0.25) is 4.98 Å². The van der Waals surface area contributed by atoms with Gasteiger partial charge in [-0.05, 0) is 43.7 Å². The van der Waals surface area contributed by atoms with E-state index in [0.29, 0.717) is 5.52 Å². The number of imidazole rings is 1. The number of pyridine rings is 1. The summed E-state index contributed by atoms with van der Waals surface area (Å²) in [6.45, 7) is 2.80. The molecule has 1 aromatic carbocycles. The normalized spacial score (nSPS) is 11.9. The molecule has 3 aromatic rings. The number of thioether (sulfide) groups is 1. The molecule has 8 heteroatoms. The second kappa shape index (κ2) is 6.92. The Kier molecular flexibility index (Phi) is 4.88. The van der Waals surface area contributed by atoms with Crippen molar-refractivity contribution in [3.63, 3.8) is 0 Å². The van der Waals surface area contributed by atoms with Gasteiger partial charge in [-0.1, -0.05) is 17.8 Å². The van der Waals surface area contributed by atoms with E-state index in [4.69, 9.17) is 5.14 Å². The van der Waals surface area contributed by atoms with Crippen LogP contribution in [0.5, 0.6) is 0 Å². The number of aromatic nitrogens is 3. The first-order valence-electron chi connectivity index (χ1n) is 7.55. The molecule has 0 saturated carbocycles. The zero-order valence-electron chi connectivity index (χ0n) is 13.2. The number of primary sulfonamides is 1. The van der Waals surface area contributed by atoms with E-state index >= 15 is 0 Å². The van der Waals surface area contributed by atoms with Gasteiger partial charge in [-0.15, -0.1) is 0 Å². The number of benzene rings is 1. The lowest BCUT2D eigenvalue weighted by Gasteiger charge is -2.05. The van der Waals surface area contributed by atoms with Gasteiger partial charge in [0.1, 0.15) is 0 Å². The highest BCUT2D eigenvalue weighted by molar-refractivity contribution is 7.99.